The Hall–Kier alpha value is -3.16. The lowest BCUT2D eigenvalue weighted by Gasteiger charge is -2.35. The van der Waals surface area contributed by atoms with Gasteiger partial charge in [0.15, 0.2) is 11.2 Å². The van der Waals surface area contributed by atoms with Gasteiger partial charge in [0.1, 0.15) is 6.54 Å². The molecule has 2 atom stereocenters. The van der Waals surface area contributed by atoms with Crippen LogP contribution in [-0.2, 0) is 24.4 Å². The largest absolute Gasteiger partial charge is 0.341 e. The molecule has 0 radical (unpaired) electrons. The van der Waals surface area contributed by atoms with Crippen molar-refractivity contribution in [1.82, 2.24) is 23.6 Å². The third-order valence-electron chi connectivity index (χ3n) is 6.24. The molecular weight excluding hydrogens is 418 g/mol. The van der Waals surface area contributed by atoms with Gasteiger partial charge in [-0.25, -0.2) is 14.3 Å². The van der Waals surface area contributed by atoms with Crippen LogP contribution in [0.5, 0.6) is 0 Å². The van der Waals surface area contributed by atoms with Crippen LogP contribution in [0.25, 0.3) is 11.2 Å². The van der Waals surface area contributed by atoms with Crippen molar-refractivity contribution in [1.29, 1.82) is 0 Å². The molecule has 0 N–H and O–H groups in total. The first-order valence-corrected chi connectivity index (χ1v) is 11.7. The van der Waals surface area contributed by atoms with Crippen LogP contribution in [-0.4, -0.2) is 42.6 Å². The predicted molar refractivity (Wildman–Crippen MR) is 128 cm³/mol. The lowest BCUT2D eigenvalue weighted by Crippen LogP contribution is -2.48. The summed E-state index contributed by atoms with van der Waals surface area (Å²) in [7, 11) is 0. The summed E-state index contributed by atoms with van der Waals surface area (Å²) in [5.41, 5.74) is 0.696. The van der Waals surface area contributed by atoms with E-state index < -0.39 is 11.2 Å². The lowest BCUT2D eigenvalue weighted by atomic mass is 9.92. The second-order valence-electron chi connectivity index (χ2n) is 9.95. The maximum atomic E-state index is 13.5. The maximum absolute atomic E-state index is 13.5. The van der Waals surface area contributed by atoms with Crippen molar-refractivity contribution in [3.8, 4) is 0 Å². The molecule has 2 aromatic heterocycles. The van der Waals surface area contributed by atoms with Gasteiger partial charge < -0.3 is 9.47 Å². The van der Waals surface area contributed by atoms with E-state index in [-0.39, 0.29) is 19.0 Å². The molecule has 8 nitrogen and oxygen atoms in total. The normalized spacial score (nSPS) is 18.9. The van der Waals surface area contributed by atoms with E-state index in [0.717, 1.165) is 16.6 Å². The topological polar surface area (TPSA) is 82.1 Å². The van der Waals surface area contributed by atoms with E-state index in [1.54, 1.807) is 15.8 Å². The monoisotopic (exact) mass is 451 g/mol. The molecule has 0 bridgehead atoms. The van der Waals surface area contributed by atoms with E-state index in [2.05, 4.69) is 32.7 Å². The fourth-order valence-corrected chi connectivity index (χ4v) is 4.92. The van der Waals surface area contributed by atoms with E-state index in [4.69, 9.17) is 0 Å². The third kappa shape index (κ3) is 4.79. The van der Waals surface area contributed by atoms with E-state index in [1.165, 1.54) is 4.57 Å². The summed E-state index contributed by atoms with van der Waals surface area (Å²) in [6, 6.07) is 9.60. The Kier molecular flexibility index (Phi) is 6.54. The van der Waals surface area contributed by atoms with Crippen LogP contribution in [0.1, 0.15) is 39.7 Å². The van der Waals surface area contributed by atoms with Crippen LogP contribution in [0, 0.1) is 17.8 Å². The Labute approximate surface area is 193 Å². The third-order valence-corrected chi connectivity index (χ3v) is 6.24. The SMILES string of the molecule is CC(C)Cn1cnc2c1c(=O)n(CC(=O)N1CC(C)CC(C)C1)c(=O)n2Cc1ccccc1. The molecule has 1 saturated heterocycles. The zero-order valence-corrected chi connectivity index (χ0v) is 19.9. The first-order valence-electron chi connectivity index (χ1n) is 11.7. The van der Waals surface area contributed by atoms with E-state index in [1.807, 2.05) is 30.3 Å². The number of hydrogen-bond donors (Lipinski definition) is 0. The highest BCUT2D eigenvalue weighted by molar-refractivity contribution is 5.77. The Bertz CT molecular complexity index is 1240. The van der Waals surface area contributed by atoms with Crippen molar-refractivity contribution in [3.63, 3.8) is 0 Å². The van der Waals surface area contributed by atoms with Crippen LogP contribution in [0.3, 0.4) is 0 Å². The van der Waals surface area contributed by atoms with Crippen molar-refractivity contribution in [2.75, 3.05) is 13.1 Å². The summed E-state index contributed by atoms with van der Waals surface area (Å²) in [5, 5.41) is 0. The minimum atomic E-state index is -0.502. The quantitative estimate of drug-likeness (QED) is 0.577. The van der Waals surface area contributed by atoms with Crippen molar-refractivity contribution >= 4 is 17.1 Å². The molecule has 8 heteroatoms. The zero-order valence-electron chi connectivity index (χ0n) is 19.9. The number of rotatable bonds is 6. The van der Waals surface area contributed by atoms with Gasteiger partial charge in [0.25, 0.3) is 5.56 Å². The van der Waals surface area contributed by atoms with Crippen molar-refractivity contribution in [2.24, 2.45) is 17.8 Å². The van der Waals surface area contributed by atoms with Gasteiger partial charge in [-0.3, -0.25) is 14.2 Å². The van der Waals surface area contributed by atoms with Gasteiger partial charge in [0.2, 0.25) is 5.91 Å². The second-order valence-corrected chi connectivity index (χ2v) is 9.95. The van der Waals surface area contributed by atoms with Gasteiger partial charge in [-0.15, -0.1) is 0 Å². The second kappa shape index (κ2) is 9.37. The number of piperidine rings is 1. The number of imidazole rings is 1. The number of carbonyl (C=O) groups excluding carboxylic acids is 1. The lowest BCUT2D eigenvalue weighted by molar-refractivity contribution is -0.134. The smallest absolute Gasteiger partial charge is 0.333 e. The molecule has 176 valence electrons. The number of likely N-dealkylation sites (tertiary alicyclic amines) is 1. The summed E-state index contributed by atoms with van der Waals surface area (Å²) in [5.74, 6) is 0.911. The average molecular weight is 452 g/mol. The van der Waals surface area contributed by atoms with Crippen LogP contribution in [0.4, 0.5) is 0 Å². The van der Waals surface area contributed by atoms with Gasteiger partial charge >= 0.3 is 5.69 Å². The van der Waals surface area contributed by atoms with Crippen molar-refractivity contribution in [3.05, 3.63) is 63.1 Å². The van der Waals surface area contributed by atoms with Crippen molar-refractivity contribution in [2.45, 2.75) is 53.8 Å². The standard InChI is InChI=1S/C25H33N5O3/c1-17(2)11-28-16-26-23-22(28)24(32)30(15-21(31)27-12-18(3)10-19(4)13-27)25(33)29(23)14-20-8-6-5-7-9-20/h5-9,16-19H,10-15H2,1-4H3. The van der Waals surface area contributed by atoms with E-state index in [9.17, 15) is 14.4 Å². The van der Waals surface area contributed by atoms with Gasteiger partial charge in [0.05, 0.1) is 12.9 Å². The number of aromatic nitrogens is 4. The van der Waals surface area contributed by atoms with Crippen LogP contribution in [0.15, 0.2) is 46.2 Å². The molecule has 1 fully saturated rings. The Morgan fingerprint density at radius 2 is 1.73 bits per heavy atom. The van der Waals surface area contributed by atoms with E-state index in [0.29, 0.717) is 48.6 Å². The zero-order chi connectivity index (χ0) is 23.7. The van der Waals surface area contributed by atoms with E-state index >= 15 is 0 Å². The first-order chi connectivity index (χ1) is 15.7. The molecule has 33 heavy (non-hydrogen) atoms. The van der Waals surface area contributed by atoms with Gasteiger partial charge in [-0.05, 0) is 29.7 Å². The average Bonchev–Trinajstić information content (AvgIpc) is 3.17. The summed E-state index contributed by atoms with van der Waals surface area (Å²) in [4.78, 5) is 46.4. The van der Waals surface area contributed by atoms with Gasteiger partial charge in [-0.1, -0.05) is 58.0 Å². The molecule has 0 saturated carbocycles. The number of benzene rings is 1. The minimum Gasteiger partial charge on any atom is -0.341 e. The highest BCUT2D eigenvalue weighted by Crippen LogP contribution is 2.21. The molecule has 3 heterocycles. The minimum absolute atomic E-state index is 0.187. The molecule has 0 aliphatic carbocycles. The molecule has 1 aromatic carbocycles. The Balaban J connectivity index is 1.80. The molecule has 4 rings (SSSR count). The van der Waals surface area contributed by atoms with Crippen LogP contribution >= 0.6 is 0 Å². The fourth-order valence-electron chi connectivity index (χ4n) is 4.92. The highest BCUT2D eigenvalue weighted by atomic mass is 16.2. The molecular formula is C25H33N5O3. The summed E-state index contributed by atoms with van der Waals surface area (Å²) in [6.45, 7) is 10.3. The number of carbonyl (C=O) groups is 1. The highest BCUT2D eigenvalue weighted by Gasteiger charge is 2.27. The molecule has 2 unspecified atom stereocenters. The summed E-state index contributed by atoms with van der Waals surface area (Å²) < 4.78 is 4.41. The molecule has 1 aliphatic rings. The number of hydrogen-bond acceptors (Lipinski definition) is 4. The van der Waals surface area contributed by atoms with Crippen LogP contribution in [0.2, 0.25) is 0 Å². The van der Waals surface area contributed by atoms with Crippen molar-refractivity contribution < 1.29 is 4.79 Å². The molecule has 1 aliphatic heterocycles. The number of nitrogens with zero attached hydrogens (tertiary/aromatic N) is 5. The first kappa shape index (κ1) is 23.0. The molecule has 0 spiro atoms. The summed E-state index contributed by atoms with van der Waals surface area (Å²) >= 11 is 0. The fraction of sp³-hybridized carbons (Fsp3) is 0.520. The maximum Gasteiger partial charge on any atom is 0.333 e. The van der Waals surface area contributed by atoms with Crippen LogP contribution < -0.4 is 11.2 Å². The number of amides is 1. The Morgan fingerprint density at radius 3 is 2.36 bits per heavy atom. The van der Waals surface area contributed by atoms with Gasteiger partial charge in [-0.2, -0.15) is 0 Å². The Morgan fingerprint density at radius 1 is 1.06 bits per heavy atom. The predicted octanol–water partition coefficient (Wildman–Crippen LogP) is 2.57. The summed E-state index contributed by atoms with van der Waals surface area (Å²) in [6.07, 6.45) is 2.70. The van der Waals surface area contributed by atoms with Gasteiger partial charge in [0, 0.05) is 19.6 Å². The number of fused-ring (bicyclic) bond motifs is 1. The molecule has 3 aromatic rings. The molecule has 1 amide bonds.